The van der Waals surface area contributed by atoms with Gasteiger partial charge in [0, 0.05) is 0 Å². The minimum absolute atomic E-state index is 0.149. The maximum atomic E-state index is 9.67. The van der Waals surface area contributed by atoms with Gasteiger partial charge in [0.15, 0.2) is 0 Å². The molecule has 1 aliphatic rings. The molecule has 0 amide bonds. The molecule has 0 heterocycles. The van der Waals surface area contributed by atoms with Crippen molar-refractivity contribution in [2.24, 2.45) is 23.0 Å². The van der Waals surface area contributed by atoms with Gasteiger partial charge in [-0.25, -0.2) is 0 Å². The molecular weight excluding hydrogens is 162 g/mol. The van der Waals surface area contributed by atoms with Crippen LogP contribution >= 0.6 is 0 Å². The molecule has 78 valence electrons. The molecule has 0 unspecified atom stereocenters. The normalized spacial score (nSPS) is 36.2. The molecule has 3 atom stereocenters. The Hall–Kier alpha value is -0.0800. The van der Waals surface area contributed by atoms with Crippen molar-refractivity contribution in [3.8, 4) is 0 Å². The first-order valence-electron chi connectivity index (χ1n) is 5.33. The van der Waals surface area contributed by atoms with E-state index >= 15 is 0 Å². The lowest BCUT2D eigenvalue weighted by molar-refractivity contribution is 0.0233. The topological polar surface area (TPSA) is 46.2 Å². The standard InChI is InChI=1S/C11H23NO/c1-11(2,3)9-4-5-10(13)8(6-9)7-12/h8-10,13H,4-7,12H2,1-3H3/t8-,9-,10-/m0/s1. The van der Waals surface area contributed by atoms with Crippen molar-refractivity contribution in [1.29, 1.82) is 0 Å². The molecule has 0 spiro atoms. The summed E-state index contributed by atoms with van der Waals surface area (Å²) < 4.78 is 0. The highest BCUT2D eigenvalue weighted by molar-refractivity contribution is 4.85. The van der Waals surface area contributed by atoms with Crippen LogP contribution in [0.1, 0.15) is 40.0 Å². The Morgan fingerprint density at radius 3 is 2.38 bits per heavy atom. The Bertz CT molecular complexity index is 162. The molecule has 2 nitrogen and oxygen atoms in total. The Balaban J connectivity index is 2.55. The largest absolute Gasteiger partial charge is 0.393 e. The monoisotopic (exact) mass is 185 g/mol. The molecular formula is C11H23NO. The molecule has 1 rings (SSSR count). The lowest BCUT2D eigenvalue weighted by atomic mass is 9.68. The molecule has 1 aliphatic carbocycles. The van der Waals surface area contributed by atoms with Gasteiger partial charge in [-0.05, 0) is 43.1 Å². The summed E-state index contributed by atoms with van der Waals surface area (Å²) in [6.45, 7) is 7.47. The maximum absolute atomic E-state index is 9.67. The van der Waals surface area contributed by atoms with E-state index in [4.69, 9.17) is 5.73 Å². The van der Waals surface area contributed by atoms with Gasteiger partial charge in [0.05, 0.1) is 6.10 Å². The number of aliphatic hydroxyl groups excluding tert-OH is 1. The van der Waals surface area contributed by atoms with E-state index in [0.717, 1.165) is 25.2 Å². The molecule has 13 heavy (non-hydrogen) atoms. The predicted molar refractivity (Wildman–Crippen MR) is 55.3 cm³/mol. The fraction of sp³-hybridized carbons (Fsp3) is 1.00. The Labute approximate surface area is 81.5 Å². The second-order valence-corrected chi connectivity index (χ2v) is 5.44. The average Bonchev–Trinajstić information content (AvgIpc) is 2.03. The summed E-state index contributed by atoms with van der Waals surface area (Å²) in [7, 11) is 0. The summed E-state index contributed by atoms with van der Waals surface area (Å²) in [6, 6.07) is 0. The minimum Gasteiger partial charge on any atom is -0.393 e. The van der Waals surface area contributed by atoms with E-state index in [9.17, 15) is 5.11 Å². The molecule has 0 bridgehead atoms. The highest BCUT2D eigenvalue weighted by Gasteiger charge is 2.34. The number of aliphatic hydroxyl groups is 1. The van der Waals surface area contributed by atoms with E-state index in [2.05, 4.69) is 20.8 Å². The number of hydrogen-bond donors (Lipinski definition) is 2. The zero-order valence-corrected chi connectivity index (χ0v) is 9.09. The lowest BCUT2D eigenvalue weighted by Gasteiger charge is -2.39. The molecule has 0 aliphatic heterocycles. The number of rotatable bonds is 1. The molecule has 1 saturated carbocycles. The van der Waals surface area contributed by atoms with Gasteiger partial charge in [-0.15, -0.1) is 0 Å². The van der Waals surface area contributed by atoms with E-state index in [1.54, 1.807) is 0 Å². The van der Waals surface area contributed by atoms with Crippen LogP contribution in [0.5, 0.6) is 0 Å². The Kier molecular flexibility index (Phi) is 3.36. The van der Waals surface area contributed by atoms with Crippen LogP contribution in [0.2, 0.25) is 0 Å². The van der Waals surface area contributed by atoms with Crippen molar-refractivity contribution >= 4 is 0 Å². The van der Waals surface area contributed by atoms with Crippen molar-refractivity contribution in [1.82, 2.24) is 0 Å². The SMILES string of the molecule is CC(C)(C)[C@H]1CC[C@H](O)[C@H](CN)C1. The van der Waals surface area contributed by atoms with Crippen LogP contribution in [0.3, 0.4) is 0 Å². The summed E-state index contributed by atoms with van der Waals surface area (Å²) >= 11 is 0. The van der Waals surface area contributed by atoms with Crippen molar-refractivity contribution in [3.05, 3.63) is 0 Å². The highest BCUT2D eigenvalue weighted by atomic mass is 16.3. The summed E-state index contributed by atoms with van der Waals surface area (Å²) in [4.78, 5) is 0. The molecule has 2 heteroatoms. The van der Waals surface area contributed by atoms with Gasteiger partial charge in [-0.2, -0.15) is 0 Å². The molecule has 3 N–H and O–H groups in total. The summed E-state index contributed by atoms with van der Waals surface area (Å²) in [6.07, 6.45) is 3.04. The Morgan fingerprint density at radius 1 is 1.31 bits per heavy atom. The van der Waals surface area contributed by atoms with Gasteiger partial charge in [0.2, 0.25) is 0 Å². The van der Waals surface area contributed by atoms with Crippen molar-refractivity contribution in [2.75, 3.05) is 6.54 Å². The second-order valence-electron chi connectivity index (χ2n) is 5.44. The van der Waals surface area contributed by atoms with Gasteiger partial charge in [-0.3, -0.25) is 0 Å². The quantitative estimate of drug-likeness (QED) is 0.654. The van der Waals surface area contributed by atoms with Crippen LogP contribution in [-0.4, -0.2) is 17.8 Å². The zero-order chi connectivity index (χ0) is 10.1. The summed E-state index contributed by atoms with van der Waals surface area (Å²) in [5.74, 6) is 1.06. The van der Waals surface area contributed by atoms with Gasteiger partial charge >= 0.3 is 0 Å². The minimum atomic E-state index is -0.149. The van der Waals surface area contributed by atoms with Crippen LogP contribution in [0.15, 0.2) is 0 Å². The van der Waals surface area contributed by atoms with Crippen LogP contribution in [-0.2, 0) is 0 Å². The van der Waals surface area contributed by atoms with E-state index in [1.807, 2.05) is 0 Å². The smallest absolute Gasteiger partial charge is 0.0580 e. The van der Waals surface area contributed by atoms with Crippen LogP contribution in [0.4, 0.5) is 0 Å². The highest BCUT2D eigenvalue weighted by Crippen LogP contribution is 2.39. The summed E-state index contributed by atoms with van der Waals surface area (Å²) in [5.41, 5.74) is 6.01. The molecule has 0 radical (unpaired) electrons. The second kappa shape index (κ2) is 3.97. The number of hydrogen-bond acceptors (Lipinski definition) is 2. The van der Waals surface area contributed by atoms with Gasteiger partial charge < -0.3 is 10.8 Å². The average molecular weight is 185 g/mol. The van der Waals surface area contributed by atoms with Gasteiger partial charge in [-0.1, -0.05) is 20.8 Å². The molecule has 0 saturated heterocycles. The van der Waals surface area contributed by atoms with Gasteiger partial charge in [0.25, 0.3) is 0 Å². The Morgan fingerprint density at radius 2 is 1.92 bits per heavy atom. The van der Waals surface area contributed by atoms with Crippen LogP contribution in [0.25, 0.3) is 0 Å². The lowest BCUT2D eigenvalue weighted by Crippen LogP contribution is -2.38. The first-order valence-corrected chi connectivity index (χ1v) is 5.33. The van der Waals surface area contributed by atoms with Crippen molar-refractivity contribution in [3.63, 3.8) is 0 Å². The molecule has 0 aromatic carbocycles. The maximum Gasteiger partial charge on any atom is 0.0580 e. The third-order valence-corrected chi connectivity index (χ3v) is 3.47. The number of nitrogens with two attached hydrogens (primary N) is 1. The fourth-order valence-corrected chi connectivity index (χ4v) is 2.29. The predicted octanol–water partition coefficient (Wildman–Crippen LogP) is 1.77. The van der Waals surface area contributed by atoms with E-state index in [-0.39, 0.29) is 6.10 Å². The van der Waals surface area contributed by atoms with Crippen LogP contribution in [0, 0.1) is 17.3 Å². The van der Waals surface area contributed by atoms with Crippen molar-refractivity contribution < 1.29 is 5.11 Å². The third kappa shape index (κ3) is 2.68. The van der Waals surface area contributed by atoms with E-state index in [1.165, 1.54) is 0 Å². The summed E-state index contributed by atoms with van der Waals surface area (Å²) in [5, 5.41) is 9.67. The molecule has 1 fully saturated rings. The van der Waals surface area contributed by atoms with Crippen LogP contribution < -0.4 is 5.73 Å². The van der Waals surface area contributed by atoms with E-state index < -0.39 is 0 Å². The first kappa shape index (κ1) is 11.0. The fourth-order valence-electron chi connectivity index (χ4n) is 2.29. The van der Waals surface area contributed by atoms with Crippen molar-refractivity contribution in [2.45, 2.75) is 46.1 Å². The van der Waals surface area contributed by atoms with Gasteiger partial charge in [0.1, 0.15) is 0 Å². The van der Waals surface area contributed by atoms with E-state index in [0.29, 0.717) is 17.9 Å². The zero-order valence-electron chi connectivity index (χ0n) is 9.09. The first-order chi connectivity index (χ1) is 5.95. The molecule has 0 aromatic rings. The molecule has 0 aromatic heterocycles. The third-order valence-electron chi connectivity index (χ3n) is 3.47.